The van der Waals surface area contributed by atoms with E-state index in [2.05, 4.69) is 5.32 Å². The minimum Gasteiger partial charge on any atom is -0.484 e. The molecule has 4 rings (SSSR count). The van der Waals surface area contributed by atoms with Crippen LogP contribution in [0.3, 0.4) is 0 Å². The highest BCUT2D eigenvalue weighted by Gasteiger charge is 2.34. The molecule has 2 amide bonds. The van der Waals surface area contributed by atoms with Gasteiger partial charge in [-0.1, -0.05) is 42.5 Å². The van der Waals surface area contributed by atoms with E-state index >= 15 is 0 Å². The van der Waals surface area contributed by atoms with Gasteiger partial charge in [0.2, 0.25) is 5.91 Å². The van der Waals surface area contributed by atoms with Gasteiger partial charge in [0.25, 0.3) is 5.91 Å². The molecule has 1 heterocycles. The Morgan fingerprint density at radius 1 is 1.07 bits per heavy atom. The van der Waals surface area contributed by atoms with E-state index < -0.39 is 0 Å². The lowest BCUT2D eigenvalue weighted by Gasteiger charge is -2.25. The summed E-state index contributed by atoms with van der Waals surface area (Å²) in [5.74, 6) is 0.930. The van der Waals surface area contributed by atoms with Crippen LogP contribution in [0.1, 0.15) is 16.5 Å². The zero-order valence-corrected chi connectivity index (χ0v) is 17.4. The molecule has 0 spiro atoms. The molecule has 152 valence electrons. The fourth-order valence-electron chi connectivity index (χ4n) is 3.36. The molecule has 1 unspecified atom stereocenters. The molecule has 1 aliphatic heterocycles. The highest BCUT2D eigenvalue weighted by Crippen LogP contribution is 2.42. The average molecular weight is 419 g/mol. The number of carbonyl (C=O) groups excluding carboxylic acids is 2. The van der Waals surface area contributed by atoms with Crippen LogP contribution in [0.5, 0.6) is 5.75 Å². The number of para-hydroxylation sites is 1. The molecule has 3 aromatic carbocycles. The van der Waals surface area contributed by atoms with E-state index in [1.807, 2.05) is 90.7 Å². The summed E-state index contributed by atoms with van der Waals surface area (Å²) in [4.78, 5) is 26.7. The normalized spacial score (nSPS) is 15.8. The maximum atomic E-state index is 12.6. The van der Waals surface area contributed by atoms with Gasteiger partial charge in [-0.3, -0.25) is 14.5 Å². The third kappa shape index (κ3) is 4.66. The first kappa shape index (κ1) is 20.0. The quantitative estimate of drug-likeness (QED) is 0.625. The van der Waals surface area contributed by atoms with Crippen molar-refractivity contribution in [2.24, 2.45) is 0 Å². The highest BCUT2D eigenvalue weighted by atomic mass is 32.2. The van der Waals surface area contributed by atoms with Gasteiger partial charge in [-0.15, -0.1) is 11.8 Å². The third-order valence-corrected chi connectivity index (χ3v) is 5.93. The number of hydrogen-bond acceptors (Lipinski definition) is 4. The molecule has 1 fully saturated rings. The Balaban J connectivity index is 1.47. The fraction of sp³-hybridized carbons (Fsp3) is 0.167. The summed E-state index contributed by atoms with van der Waals surface area (Å²) >= 11 is 1.59. The van der Waals surface area contributed by atoms with Gasteiger partial charge in [0, 0.05) is 11.4 Å². The Bertz CT molecular complexity index is 1060. The minimum atomic E-state index is -0.235. The number of carbonyl (C=O) groups is 2. The SMILES string of the molecule is Cc1cccc(N2C(=O)CSC2c2cccc(NC(=O)COc3ccccc3)c2)c1. The zero-order valence-electron chi connectivity index (χ0n) is 16.6. The highest BCUT2D eigenvalue weighted by molar-refractivity contribution is 8.00. The van der Waals surface area contributed by atoms with E-state index in [1.165, 1.54) is 0 Å². The van der Waals surface area contributed by atoms with Crippen LogP contribution in [0.4, 0.5) is 11.4 Å². The van der Waals surface area contributed by atoms with Crippen LogP contribution in [-0.4, -0.2) is 24.2 Å². The van der Waals surface area contributed by atoms with Crippen LogP contribution in [0, 0.1) is 6.92 Å². The van der Waals surface area contributed by atoms with Gasteiger partial charge in [0.15, 0.2) is 6.61 Å². The van der Waals surface area contributed by atoms with Crippen molar-refractivity contribution < 1.29 is 14.3 Å². The van der Waals surface area contributed by atoms with Crippen molar-refractivity contribution in [3.05, 3.63) is 90.0 Å². The molecule has 30 heavy (non-hydrogen) atoms. The number of anilines is 2. The smallest absolute Gasteiger partial charge is 0.262 e. The largest absolute Gasteiger partial charge is 0.484 e. The van der Waals surface area contributed by atoms with Crippen molar-refractivity contribution in [2.45, 2.75) is 12.3 Å². The number of nitrogens with zero attached hydrogens (tertiary/aromatic N) is 1. The average Bonchev–Trinajstić information content (AvgIpc) is 3.15. The summed E-state index contributed by atoms with van der Waals surface area (Å²) < 4.78 is 5.50. The molecule has 1 aliphatic rings. The Kier molecular flexibility index (Phi) is 6.05. The van der Waals surface area contributed by atoms with E-state index in [9.17, 15) is 9.59 Å². The van der Waals surface area contributed by atoms with E-state index in [0.29, 0.717) is 17.2 Å². The predicted molar refractivity (Wildman–Crippen MR) is 121 cm³/mol. The van der Waals surface area contributed by atoms with Crippen LogP contribution in [0.25, 0.3) is 0 Å². The summed E-state index contributed by atoms with van der Waals surface area (Å²) in [6, 6.07) is 24.8. The van der Waals surface area contributed by atoms with Crippen molar-refractivity contribution in [1.29, 1.82) is 0 Å². The minimum absolute atomic E-state index is 0.0691. The van der Waals surface area contributed by atoms with Gasteiger partial charge in [0.1, 0.15) is 11.1 Å². The van der Waals surface area contributed by atoms with Gasteiger partial charge in [-0.25, -0.2) is 0 Å². The van der Waals surface area contributed by atoms with Crippen LogP contribution in [0.15, 0.2) is 78.9 Å². The summed E-state index contributed by atoms with van der Waals surface area (Å²) in [5, 5.41) is 2.75. The number of aryl methyl sites for hydroxylation is 1. The van der Waals surface area contributed by atoms with Gasteiger partial charge in [-0.2, -0.15) is 0 Å². The lowest BCUT2D eigenvalue weighted by atomic mass is 10.1. The second kappa shape index (κ2) is 9.05. The Morgan fingerprint density at radius 2 is 1.87 bits per heavy atom. The summed E-state index contributed by atoms with van der Waals surface area (Å²) in [5.41, 5.74) is 3.64. The van der Waals surface area contributed by atoms with Crippen molar-refractivity contribution >= 4 is 35.0 Å². The molecule has 1 N–H and O–H groups in total. The number of benzene rings is 3. The van der Waals surface area contributed by atoms with Crippen LogP contribution < -0.4 is 15.0 Å². The third-order valence-electron chi connectivity index (χ3n) is 4.72. The predicted octanol–water partition coefficient (Wildman–Crippen LogP) is 4.79. The number of nitrogens with one attached hydrogen (secondary N) is 1. The molecule has 0 aliphatic carbocycles. The zero-order chi connectivity index (χ0) is 20.9. The molecule has 1 saturated heterocycles. The molecule has 0 aromatic heterocycles. The Morgan fingerprint density at radius 3 is 2.67 bits per heavy atom. The summed E-state index contributed by atoms with van der Waals surface area (Å²) in [6.45, 7) is 1.94. The molecule has 0 radical (unpaired) electrons. The standard InChI is InChI=1S/C24H22N2O3S/c1-17-7-5-10-20(13-17)26-23(28)16-30-24(26)18-8-6-9-19(14-18)25-22(27)15-29-21-11-3-2-4-12-21/h2-14,24H,15-16H2,1H3,(H,25,27). The molecular formula is C24H22N2O3S. The summed E-state index contributed by atoms with van der Waals surface area (Å²) in [7, 11) is 0. The lowest BCUT2D eigenvalue weighted by molar-refractivity contribution is -0.118. The number of thioether (sulfide) groups is 1. The molecule has 6 heteroatoms. The first-order valence-corrected chi connectivity index (χ1v) is 10.7. The number of ether oxygens (including phenoxy) is 1. The van der Waals surface area contributed by atoms with Gasteiger partial charge < -0.3 is 10.1 Å². The summed E-state index contributed by atoms with van der Waals surface area (Å²) in [6.07, 6.45) is 0. The Labute approximate surface area is 180 Å². The van der Waals surface area contributed by atoms with Crippen molar-refractivity contribution in [1.82, 2.24) is 0 Å². The molecule has 0 bridgehead atoms. The van der Waals surface area contributed by atoms with Crippen molar-refractivity contribution in [3.63, 3.8) is 0 Å². The second-order valence-electron chi connectivity index (χ2n) is 7.04. The van der Waals surface area contributed by atoms with Crippen LogP contribution in [-0.2, 0) is 9.59 Å². The molecule has 1 atom stereocenters. The van der Waals surface area contributed by atoms with Gasteiger partial charge in [-0.05, 0) is 54.4 Å². The van der Waals surface area contributed by atoms with Gasteiger partial charge >= 0.3 is 0 Å². The van der Waals surface area contributed by atoms with E-state index in [0.717, 1.165) is 16.8 Å². The van der Waals surface area contributed by atoms with E-state index in [4.69, 9.17) is 4.74 Å². The number of rotatable bonds is 6. The Hall–Kier alpha value is -3.25. The second-order valence-corrected chi connectivity index (χ2v) is 8.11. The van der Waals surface area contributed by atoms with E-state index in [1.54, 1.807) is 11.8 Å². The lowest BCUT2D eigenvalue weighted by Crippen LogP contribution is -2.28. The number of amides is 2. The monoisotopic (exact) mass is 418 g/mol. The topological polar surface area (TPSA) is 58.6 Å². The van der Waals surface area contributed by atoms with E-state index in [-0.39, 0.29) is 23.8 Å². The van der Waals surface area contributed by atoms with Crippen molar-refractivity contribution in [2.75, 3.05) is 22.6 Å². The molecule has 3 aromatic rings. The van der Waals surface area contributed by atoms with Gasteiger partial charge in [0.05, 0.1) is 5.75 Å². The maximum absolute atomic E-state index is 12.6. The van der Waals surface area contributed by atoms with Crippen LogP contribution >= 0.6 is 11.8 Å². The fourth-order valence-corrected chi connectivity index (χ4v) is 4.53. The molecule has 0 saturated carbocycles. The first-order chi connectivity index (χ1) is 14.6. The van der Waals surface area contributed by atoms with Crippen LogP contribution in [0.2, 0.25) is 0 Å². The first-order valence-electron chi connectivity index (χ1n) is 9.68. The number of hydrogen-bond donors (Lipinski definition) is 1. The molecular weight excluding hydrogens is 396 g/mol. The maximum Gasteiger partial charge on any atom is 0.262 e. The van der Waals surface area contributed by atoms with Crippen molar-refractivity contribution in [3.8, 4) is 5.75 Å². The molecule has 5 nitrogen and oxygen atoms in total.